The summed E-state index contributed by atoms with van der Waals surface area (Å²) in [5.74, 6) is -0.308. The van der Waals surface area contributed by atoms with Crippen LogP contribution in [0.15, 0.2) is 18.2 Å². The van der Waals surface area contributed by atoms with Crippen molar-refractivity contribution in [1.82, 2.24) is 9.80 Å². The Bertz CT molecular complexity index is 753. The highest BCUT2D eigenvalue weighted by Gasteiger charge is 2.42. The van der Waals surface area contributed by atoms with E-state index in [0.717, 1.165) is 30.6 Å². The number of rotatable bonds is 4. The average molecular weight is 374 g/mol. The molecule has 2 aliphatic rings. The molecule has 146 valence electrons. The molecule has 0 unspecified atom stereocenters. The van der Waals surface area contributed by atoms with E-state index in [0.29, 0.717) is 31.6 Å². The van der Waals surface area contributed by atoms with E-state index >= 15 is 0 Å². The van der Waals surface area contributed by atoms with Crippen LogP contribution in [0.1, 0.15) is 41.6 Å². The first kappa shape index (κ1) is 19.2. The Hall–Kier alpha value is -2.57. The van der Waals surface area contributed by atoms with Gasteiger partial charge in [-0.05, 0) is 55.4 Å². The summed E-state index contributed by atoms with van der Waals surface area (Å²) in [6.45, 7) is 3.39. The van der Waals surface area contributed by atoms with E-state index in [-0.39, 0.29) is 23.8 Å². The third-order valence-corrected chi connectivity index (χ3v) is 5.83. The minimum absolute atomic E-state index is 0.00452. The number of hydrogen-bond acceptors (Lipinski definition) is 4. The zero-order valence-electron chi connectivity index (χ0n) is 15.9. The van der Waals surface area contributed by atoms with Crippen LogP contribution in [-0.4, -0.2) is 66.0 Å². The molecule has 1 N–H and O–H groups in total. The first-order chi connectivity index (χ1) is 12.8. The molecule has 7 heteroatoms. The SMILES string of the molecule is COc1ccc(C(=O)N2CCC3(CCC(=O)N(CC(=O)O)C3)CC2)cc1C. The van der Waals surface area contributed by atoms with Crippen LogP contribution in [0.25, 0.3) is 0 Å². The molecule has 1 aromatic carbocycles. The van der Waals surface area contributed by atoms with Crippen LogP contribution in [0.5, 0.6) is 5.75 Å². The van der Waals surface area contributed by atoms with Gasteiger partial charge in [0.1, 0.15) is 12.3 Å². The highest BCUT2D eigenvalue weighted by Crippen LogP contribution is 2.40. The second-order valence-electron chi connectivity index (χ2n) is 7.62. The molecule has 0 bridgehead atoms. The van der Waals surface area contributed by atoms with Crippen molar-refractivity contribution >= 4 is 17.8 Å². The zero-order chi connectivity index (χ0) is 19.6. The lowest BCUT2D eigenvalue weighted by Crippen LogP contribution is -2.53. The number of carboxylic acid groups (broad SMARTS) is 1. The van der Waals surface area contributed by atoms with Gasteiger partial charge < -0.3 is 19.6 Å². The number of methoxy groups -OCH3 is 1. The van der Waals surface area contributed by atoms with Crippen LogP contribution in [0.3, 0.4) is 0 Å². The van der Waals surface area contributed by atoms with E-state index in [4.69, 9.17) is 9.84 Å². The minimum Gasteiger partial charge on any atom is -0.496 e. The summed E-state index contributed by atoms with van der Waals surface area (Å²) in [6, 6.07) is 5.44. The number of carboxylic acids is 1. The number of benzene rings is 1. The van der Waals surface area contributed by atoms with Gasteiger partial charge in [-0.3, -0.25) is 14.4 Å². The van der Waals surface area contributed by atoms with E-state index in [2.05, 4.69) is 0 Å². The van der Waals surface area contributed by atoms with Gasteiger partial charge >= 0.3 is 5.97 Å². The summed E-state index contributed by atoms with van der Waals surface area (Å²) in [6.07, 6.45) is 2.74. The number of carbonyl (C=O) groups is 3. The maximum atomic E-state index is 12.8. The fraction of sp³-hybridized carbons (Fsp3) is 0.550. The monoisotopic (exact) mass is 374 g/mol. The fourth-order valence-electron chi connectivity index (χ4n) is 4.20. The van der Waals surface area contributed by atoms with Gasteiger partial charge in [0.25, 0.3) is 5.91 Å². The maximum Gasteiger partial charge on any atom is 0.323 e. The number of ether oxygens (including phenoxy) is 1. The Morgan fingerprint density at radius 2 is 1.93 bits per heavy atom. The predicted molar refractivity (Wildman–Crippen MR) is 98.8 cm³/mol. The van der Waals surface area contributed by atoms with Crippen LogP contribution in [0.2, 0.25) is 0 Å². The summed E-state index contributed by atoms with van der Waals surface area (Å²) >= 11 is 0. The number of piperidine rings is 2. The van der Waals surface area contributed by atoms with Gasteiger partial charge in [0, 0.05) is 31.6 Å². The molecule has 2 amide bonds. The molecule has 2 saturated heterocycles. The van der Waals surface area contributed by atoms with Gasteiger partial charge in [0.15, 0.2) is 0 Å². The Labute approximate surface area is 158 Å². The molecule has 0 aliphatic carbocycles. The molecule has 2 heterocycles. The van der Waals surface area contributed by atoms with Crippen LogP contribution < -0.4 is 4.74 Å². The molecule has 2 aliphatic heterocycles. The van der Waals surface area contributed by atoms with E-state index < -0.39 is 5.97 Å². The lowest BCUT2D eigenvalue weighted by molar-refractivity contribution is -0.149. The molecule has 1 spiro atoms. The van der Waals surface area contributed by atoms with Gasteiger partial charge in [-0.2, -0.15) is 0 Å². The Morgan fingerprint density at radius 3 is 2.52 bits per heavy atom. The minimum atomic E-state index is -0.983. The number of aryl methyl sites for hydroxylation is 1. The standard InChI is InChI=1S/C20H26N2O5/c1-14-11-15(3-4-16(14)27-2)19(26)21-9-7-20(8-10-21)6-5-17(23)22(13-20)12-18(24)25/h3-4,11H,5-10,12-13H2,1-2H3,(H,24,25). The van der Waals surface area contributed by atoms with E-state index in [1.54, 1.807) is 13.2 Å². The van der Waals surface area contributed by atoms with Crippen LogP contribution in [0.4, 0.5) is 0 Å². The third-order valence-electron chi connectivity index (χ3n) is 5.83. The van der Waals surface area contributed by atoms with Crippen molar-refractivity contribution in [2.24, 2.45) is 5.41 Å². The molecule has 27 heavy (non-hydrogen) atoms. The van der Waals surface area contributed by atoms with Crippen molar-refractivity contribution in [1.29, 1.82) is 0 Å². The molecule has 0 aromatic heterocycles. The molecule has 3 rings (SSSR count). The van der Waals surface area contributed by atoms with Crippen molar-refractivity contribution in [2.75, 3.05) is 33.3 Å². The van der Waals surface area contributed by atoms with Crippen molar-refractivity contribution in [2.45, 2.75) is 32.6 Å². The van der Waals surface area contributed by atoms with Crippen LogP contribution in [-0.2, 0) is 9.59 Å². The molecule has 2 fully saturated rings. The molecule has 0 atom stereocenters. The van der Waals surface area contributed by atoms with Crippen molar-refractivity contribution in [3.63, 3.8) is 0 Å². The molecular weight excluding hydrogens is 348 g/mol. The molecule has 0 radical (unpaired) electrons. The summed E-state index contributed by atoms with van der Waals surface area (Å²) in [4.78, 5) is 39.1. The number of carbonyl (C=O) groups excluding carboxylic acids is 2. The summed E-state index contributed by atoms with van der Waals surface area (Å²) in [5, 5.41) is 9.02. The van der Waals surface area contributed by atoms with Crippen molar-refractivity contribution in [3.05, 3.63) is 29.3 Å². The third kappa shape index (κ3) is 4.07. The fourth-order valence-corrected chi connectivity index (χ4v) is 4.20. The Balaban J connectivity index is 1.64. The van der Waals surface area contributed by atoms with E-state index in [9.17, 15) is 14.4 Å². The average Bonchev–Trinajstić information content (AvgIpc) is 2.64. The Morgan fingerprint density at radius 1 is 1.22 bits per heavy atom. The van der Waals surface area contributed by atoms with Crippen molar-refractivity contribution in [3.8, 4) is 5.75 Å². The van der Waals surface area contributed by atoms with Crippen LogP contribution >= 0.6 is 0 Å². The normalized spacial score (nSPS) is 19.3. The van der Waals surface area contributed by atoms with Gasteiger partial charge in [-0.15, -0.1) is 0 Å². The number of nitrogens with zero attached hydrogens (tertiary/aromatic N) is 2. The molecule has 7 nitrogen and oxygen atoms in total. The number of hydrogen-bond donors (Lipinski definition) is 1. The second-order valence-corrected chi connectivity index (χ2v) is 7.62. The van der Waals surface area contributed by atoms with Crippen molar-refractivity contribution < 1.29 is 24.2 Å². The van der Waals surface area contributed by atoms with Gasteiger partial charge in [0.05, 0.1) is 7.11 Å². The number of aliphatic carboxylic acids is 1. The summed E-state index contributed by atoms with van der Waals surface area (Å²) < 4.78 is 5.25. The Kier molecular flexibility index (Phi) is 5.39. The molecule has 0 saturated carbocycles. The zero-order valence-corrected chi connectivity index (χ0v) is 15.9. The van der Waals surface area contributed by atoms with Gasteiger partial charge in [-0.25, -0.2) is 0 Å². The lowest BCUT2D eigenvalue weighted by atomic mass is 9.72. The van der Waals surface area contributed by atoms with Gasteiger partial charge in [0.2, 0.25) is 5.91 Å². The quantitative estimate of drug-likeness (QED) is 0.870. The number of amides is 2. The summed E-state index contributed by atoms with van der Waals surface area (Å²) in [7, 11) is 1.61. The highest BCUT2D eigenvalue weighted by molar-refractivity contribution is 5.94. The topological polar surface area (TPSA) is 87.2 Å². The highest BCUT2D eigenvalue weighted by atomic mass is 16.5. The largest absolute Gasteiger partial charge is 0.496 e. The first-order valence-corrected chi connectivity index (χ1v) is 9.27. The predicted octanol–water partition coefficient (Wildman–Crippen LogP) is 1.93. The van der Waals surface area contributed by atoms with Gasteiger partial charge in [-0.1, -0.05) is 0 Å². The van der Waals surface area contributed by atoms with Crippen LogP contribution in [0, 0.1) is 12.3 Å². The maximum absolute atomic E-state index is 12.8. The summed E-state index contributed by atoms with van der Waals surface area (Å²) in [5.41, 5.74) is 1.50. The first-order valence-electron chi connectivity index (χ1n) is 9.27. The van der Waals surface area contributed by atoms with E-state index in [1.807, 2.05) is 24.0 Å². The second kappa shape index (κ2) is 7.58. The molecule has 1 aromatic rings. The number of likely N-dealkylation sites (tertiary alicyclic amines) is 2. The smallest absolute Gasteiger partial charge is 0.323 e. The lowest BCUT2D eigenvalue weighted by Gasteiger charge is -2.47. The molecular formula is C20H26N2O5. The van der Waals surface area contributed by atoms with E-state index in [1.165, 1.54) is 4.90 Å².